The molecule has 5 heteroatoms. The number of hydrogen-bond acceptors (Lipinski definition) is 5. The van der Waals surface area contributed by atoms with Crippen molar-refractivity contribution in [3.63, 3.8) is 0 Å². The highest BCUT2D eigenvalue weighted by atomic mass is 32.1. The summed E-state index contributed by atoms with van der Waals surface area (Å²) in [6.07, 6.45) is 3.69. The van der Waals surface area contributed by atoms with Crippen molar-refractivity contribution in [3.05, 3.63) is 0 Å². The molecule has 1 saturated carbocycles. The average Bonchev–Trinajstić information content (AvgIpc) is 2.61. The molecule has 1 aliphatic carbocycles. The third kappa shape index (κ3) is 6.31. The van der Waals surface area contributed by atoms with Gasteiger partial charge in [0.15, 0.2) is 5.06 Å². The van der Waals surface area contributed by atoms with E-state index < -0.39 is 5.06 Å². The fourth-order valence-corrected chi connectivity index (χ4v) is 3.47. The molecule has 0 saturated heterocycles. The van der Waals surface area contributed by atoms with Gasteiger partial charge in [-0.1, -0.05) is 13.8 Å². The molecular formula is C15H32N2O2S. The number of hydrogen-bond donors (Lipinski definition) is 3. The van der Waals surface area contributed by atoms with Crippen molar-refractivity contribution in [2.45, 2.75) is 82.7 Å². The molecule has 4 nitrogen and oxygen atoms in total. The molecule has 0 aromatic carbocycles. The fourth-order valence-electron chi connectivity index (χ4n) is 3.03. The van der Waals surface area contributed by atoms with Gasteiger partial charge in [0.1, 0.15) is 0 Å². The summed E-state index contributed by atoms with van der Waals surface area (Å²) < 4.78 is 11.5. The Kier molecular flexibility index (Phi) is 6.80. The molecule has 0 spiro atoms. The number of methoxy groups -OCH3 is 1. The van der Waals surface area contributed by atoms with Gasteiger partial charge in [-0.15, -0.1) is 12.6 Å². The van der Waals surface area contributed by atoms with Gasteiger partial charge in [0.2, 0.25) is 0 Å². The lowest BCUT2D eigenvalue weighted by molar-refractivity contribution is -0.0691. The second kappa shape index (κ2) is 7.45. The lowest BCUT2D eigenvalue weighted by Crippen LogP contribution is -2.56. The van der Waals surface area contributed by atoms with Crippen LogP contribution in [-0.4, -0.2) is 42.5 Å². The number of nitrogens with one attached hydrogen (secondary N) is 2. The Morgan fingerprint density at radius 3 is 2.45 bits per heavy atom. The largest absolute Gasteiger partial charge is 0.383 e. The van der Waals surface area contributed by atoms with Crippen LogP contribution in [0.3, 0.4) is 0 Å². The zero-order valence-corrected chi connectivity index (χ0v) is 14.7. The van der Waals surface area contributed by atoms with E-state index in [0.717, 1.165) is 6.42 Å². The van der Waals surface area contributed by atoms with Crippen molar-refractivity contribution >= 4 is 12.6 Å². The van der Waals surface area contributed by atoms with Crippen molar-refractivity contribution in [1.29, 1.82) is 0 Å². The van der Waals surface area contributed by atoms with Crippen molar-refractivity contribution in [1.82, 2.24) is 10.6 Å². The molecular weight excluding hydrogens is 272 g/mol. The molecule has 0 amide bonds. The molecule has 0 aliphatic heterocycles. The second-order valence-corrected chi connectivity index (χ2v) is 7.79. The van der Waals surface area contributed by atoms with Crippen LogP contribution >= 0.6 is 12.6 Å². The molecule has 0 aromatic heterocycles. The summed E-state index contributed by atoms with van der Waals surface area (Å²) in [6, 6.07) is 0.905. The van der Waals surface area contributed by atoms with E-state index >= 15 is 0 Å². The zero-order chi connectivity index (χ0) is 15.4. The molecule has 1 rings (SSSR count). The molecule has 1 aliphatic rings. The summed E-state index contributed by atoms with van der Waals surface area (Å²) in [5, 5.41) is 6.36. The first-order valence-electron chi connectivity index (χ1n) is 7.60. The summed E-state index contributed by atoms with van der Waals surface area (Å²) in [7, 11) is 1.71. The monoisotopic (exact) mass is 304 g/mol. The SMILES string of the molecule is COCC(C)(C)NC(C)(S)OC1CCCC1NC(C)C. The predicted molar refractivity (Wildman–Crippen MR) is 87.3 cm³/mol. The lowest BCUT2D eigenvalue weighted by atomic mass is 10.1. The fraction of sp³-hybridized carbons (Fsp3) is 1.00. The van der Waals surface area contributed by atoms with Gasteiger partial charge in [-0.05, 0) is 40.0 Å². The van der Waals surface area contributed by atoms with E-state index in [4.69, 9.17) is 9.47 Å². The number of thiol groups is 1. The van der Waals surface area contributed by atoms with Gasteiger partial charge < -0.3 is 14.8 Å². The van der Waals surface area contributed by atoms with E-state index in [1.165, 1.54) is 12.8 Å². The normalized spacial score (nSPS) is 27.0. The van der Waals surface area contributed by atoms with Crippen LogP contribution in [0.1, 0.15) is 53.9 Å². The van der Waals surface area contributed by atoms with Crippen LogP contribution in [0.25, 0.3) is 0 Å². The summed E-state index contributed by atoms with van der Waals surface area (Å²) >= 11 is 4.66. The van der Waals surface area contributed by atoms with Crippen molar-refractivity contribution in [3.8, 4) is 0 Å². The lowest BCUT2D eigenvalue weighted by Gasteiger charge is -2.38. The summed E-state index contributed by atoms with van der Waals surface area (Å²) in [5.74, 6) is 0. The molecule has 0 radical (unpaired) electrons. The molecule has 0 aromatic rings. The standard InChI is InChI=1S/C15H32N2O2S/c1-11(2)16-12-8-7-9-13(12)19-15(5,20)17-14(3,4)10-18-6/h11-13,16-17,20H,7-10H2,1-6H3. The molecule has 20 heavy (non-hydrogen) atoms. The zero-order valence-electron chi connectivity index (χ0n) is 13.8. The summed E-state index contributed by atoms with van der Waals surface area (Å²) in [4.78, 5) is 0. The van der Waals surface area contributed by atoms with Crippen LogP contribution in [-0.2, 0) is 9.47 Å². The van der Waals surface area contributed by atoms with E-state index in [0.29, 0.717) is 18.7 Å². The number of rotatable bonds is 8. The van der Waals surface area contributed by atoms with Gasteiger partial charge in [0.05, 0.1) is 12.7 Å². The van der Waals surface area contributed by atoms with Crippen LogP contribution in [0.15, 0.2) is 0 Å². The first-order valence-corrected chi connectivity index (χ1v) is 8.04. The van der Waals surface area contributed by atoms with Crippen molar-refractivity contribution in [2.75, 3.05) is 13.7 Å². The van der Waals surface area contributed by atoms with Gasteiger partial charge in [0.25, 0.3) is 0 Å². The van der Waals surface area contributed by atoms with Gasteiger partial charge in [-0.2, -0.15) is 0 Å². The molecule has 120 valence electrons. The maximum absolute atomic E-state index is 6.23. The first-order chi connectivity index (χ1) is 9.15. The van der Waals surface area contributed by atoms with Crippen LogP contribution in [0.5, 0.6) is 0 Å². The van der Waals surface area contributed by atoms with Crippen LogP contribution in [0, 0.1) is 0 Å². The molecule has 1 fully saturated rings. The molecule has 3 unspecified atom stereocenters. The Bertz CT molecular complexity index is 296. The van der Waals surface area contributed by atoms with E-state index in [-0.39, 0.29) is 11.6 Å². The Morgan fingerprint density at radius 1 is 1.25 bits per heavy atom. The van der Waals surface area contributed by atoms with Crippen molar-refractivity contribution < 1.29 is 9.47 Å². The predicted octanol–water partition coefficient (Wildman–Crippen LogP) is 2.54. The first kappa shape index (κ1) is 18.2. The van der Waals surface area contributed by atoms with Crippen LogP contribution in [0.4, 0.5) is 0 Å². The van der Waals surface area contributed by atoms with Crippen LogP contribution in [0.2, 0.25) is 0 Å². The van der Waals surface area contributed by atoms with E-state index in [2.05, 4.69) is 51.0 Å². The minimum Gasteiger partial charge on any atom is -0.383 e. The van der Waals surface area contributed by atoms with Gasteiger partial charge in [-0.3, -0.25) is 5.32 Å². The maximum atomic E-state index is 6.23. The highest BCUT2D eigenvalue weighted by Gasteiger charge is 2.36. The second-order valence-electron chi connectivity index (χ2n) is 6.94. The third-order valence-corrected chi connectivity index (χ3v) is 3.67. The summed E-state index contributed by atoms with van der Waals surface area (Å²) in [6.45, 7) is 11.1. The van der Waals surface area contributed by atoms with Gasteiger partial charge in [-0.25, -0.2) is 0 Å². The summed E-state index contributed by atoms with van der Waals surface area (Å²) in [5.41, 5.74) is -0.176. The van der Waals surface area contributed by atoms with Crippen LogP contribution < -0.4 is 10.6 Å². The minimum atomic E-state index is -0.659. The molecule has 0 heterocycles. The Labute approximate surface area is 129 Å². The topological polar surface area (TPSA) is 42.5 Å². The Morgan fingerprint density at radius 2 is 1.90 bits per heavy atom. The quantitative estimate of drug-likeness (QED) is 0.476. The molecule has 2 N–H and O–H groups in total. The third-order valence-electron chi connectivity index (χ3n) is 3.46. The van der Waals surface area contributed by atoms with Gasteiger partial charge >= 0.3 is 0 Å². The van der Waals surface area contributed by atoms with Gasteiger partial charge in [0, 0.05) is 24.7 Å². The highest BCUT2D eigenvalue weighted by molar-refractivity contribution is 7.81. The maximum Gasteiger partial charge on any atom is 0.162 e. The van der Waals surface area contributed by atoms with E-state index in [9.17, 15) is 0 Å². The average molecular weight is 304 g/mol. The van der Waals surface area contributed by atoms with E-state index in [1.54, 1.807) is 7.11 Å². The molecule has 0 bridgehead atoms. The smallest absolute Gasteiger partial charge is 0.162 e. The van der Waals surface area contributed by atoms with Crippen molar-refractivity contribution in [2.24, 2.45) is 0 Å². The molecule has 3 atom stereocenters. The highest BCUT2D eigenvalue weighted by Crippen LogP contribution is 2.28. The van der Waals surface area contributed by atoms with E-state index in [1.807, 2.05) is 6.92 Å². The Hall–Kier alpha value is 0.190. The Balaban J connectivity index is 2.56. The minimum absolute atomic E-state index is 0.176. The number of ether oxygens (including phenoxy) is 2.